The van der Waals surface area contributed by atoms with E-state index in [4.69, 9.17) is 4.74 Å². The lowest BCUT2D eigenvalue weighted by molar-refractivity contribution is -0.133. The molecule has 0 unspecified atom stereocenters. The molecule has 1 saturated heterocycles. The minimum Gasteiger partial charge on any atom is -0.494 e. The molecule has 2 heterocycles. The molecule has 2 aromatic rings. The van der Waals surface area contributed by atoms with E-state index >= 15 is 0 Å². The number of piperidine rings is 1. The van der Waals surface area contributed by atoms with E-state index < -0.39 is 0 Å². The molecular formula is C17H23N5O2. The first-order valence-corrected chi connectivity index (χ1v) is 8.44. The molecule has 0 aliphatic carbocycles. The van der Waals surface area contributed by atoms with E-state index in [1.807, 2.05) is 36.1 Å². The second kappa shape index (κ2) is 7.42. The highest BCUT2D eigenvalue weighted by Crippen LogP contribution is 2.19. The summed E-state index contributed by atoms with van der Waals surface area (Å²) in [5, 5.41) is 12.4. The maximum Gasteiger partial charge on any atom is 0.246 e. The predicted molar refractivity (Wildman–Crippen MR) is 89.4 cm³/mol. The molecule has 24 heavy (non-hydrogen) atoms. The van der Waals surface area contributed by atoms with E-state index in [9.17, 15) is 4.79 Å². The Kier molecular flexibility index (Phi) is 5.08. The number of aromatic nitrogens is 4. The van der Waals surface area contributed by atoms with Crippen LogP contribution in [0.1, 0.15) is 26.7 Å². The largest absolute Gasteiger partial charge is 0.494 e. The third kappa shape index (κ3) is 3.90. The maximum absolute atomic E-state index is 12.3. The van der Waals surface area contributed by atoms with Crippen LogP contribution in [0.5, 0.6) is 5.75 Å². The highest BCUT2D eigenvalue weighted by atomic mass is 16.5. The van der Waals surface area contributed by atoms with Gasteiger partial charge in [-0.3, -0.25) is 4.79 Å². The molecule has 0 N–H and O–H groups in total. The number of hydrogen-bond donors (Lipinski definition) is 0. The smallest absolute Gasteiger partial charge is 0.246 e. The fourth-order valence-corrected chi connectivity index (χ4v) is 2.77. The average Bonchev–Trinajstić information content (AvgIpc) is 3.05. The van der Waals surface area contributed by atoms with Crippen molar-refractivity contribution in [2.45, 2.75) is 33.2 Å². The van der Waals surface area contributed by atoms with Crippen LogP contribution in [0.4, 0.5) is 0 Å². The van der Waals surface area contributed by atoms with Crippen LogP contribution < -0.4 is 4.74 Å². The predicted octanol–water partition coefficient (Wildman–Crippen LogP) is 2.00. The number of rotatable bonds is 5. The number of likely N-dealkylation sites (tertiary alicyclic amines) is 1. The number of ether oxygens (including phenoxy) is 1. The fraction of sp³-hybridized carbons (Fsp3) is 0.529. The first-order valence-electron chi connectivity index (χ1n) is 8.44. The summed E-state index contributed by atoms with van der Waals surface area (Å²) < 4.78 is 5.42. The van der Waals surface area contributed by atoms with E-state index in [-0.39, 0.29) is 12.5 Å². The summed E-state index contributed by atoms with van der Waals surface area (Å²) >= 11 is 0. The molecule has 1 aromatic heterocycles. The minimum absolute atomic E-state index is 0.0533. The molecule has 1 aliphatic rings. The summed E-state index contributed by atoms with van der Waals surface area (Å²) in [6.45, 7) is 6.58. The Morgan fingerprint density at radius 3 is 2.62 bits per heavy atom. The van der Waals surface area contributed by atoms with E-state index in [1.54, 1.807) is 0 Å². The summed E-state index contributed by atoms with van der Waals surface area (Å²) in [7, 11) is 0. The van der Waals surface area contributed by atoms with Crippen molar-refractivity contribution >= 4 is 5.91 Å². The van der Waals surface area contributed by atoms with Crippen molar-refractivity contribution in [2.75, 3.05) is 19.7 Å². The molecule has 0 atom stereocenters. The molecule has 1 amide bonds. The second-order valence-corrected chi connectivity index (χ2v) is 6.16. The summed E-state index contributed by atoms with van der Waals surface area (Å²) in [5.41, 5.74) is 0.851. The van der Waals surface area contributed by atoms with Gasteiger partial charge in [-0.15, -0.1) is 10.2 Å². The highest BCUT2D eigenvalue weighted by molar-refractivity contribution is 5.75. The van der Waals surface area contributed by atoms with Crippen LogP contribution in [0.15, 0.2) is 24.3 Å². The monoisotopic (exact) mass is 329 g/mol. The third-order valence-corrected chi connectivity index (χ3v) is 4.29. The summed E-state index contributed by atoms with van der Waals surface area (Å²) in [4.78, 5) is 15.6. The normalized spacial score (nSPS) is 15.5. The Labute approximate surface area is 141 Å². The Bertz CT molecular complexity index is 675. The van der Waals surface area contributed by atoms with Crippen LogP contribution in [0.2, 0.25) is 0 Å². The Morgan fingerprint density at radius 2 is 1.96 bits per heavy atom. The van der Waals surface area contributed by atoms with Gasteiger partial charge < -0.3 is 9.64 Å². The standard InChI is InChI=1S/C17H23N5O2/c1-3-24-15-6-4-14(5-7-15)17-18-20-22(19-17)12-16(23)21-10-8-13(2)9-11-21/h4-7,13H,3,8-12H2,1-2H3. The highest BCUT2D eigenvalue weighted by Gasteiger charge is 2.21. The number of tetrazole rings is 1. The lowest BCUT2D eigenvalue weighted by atomic mass is 9.99. The summed E-state index contributed by atoms with van der Waals surface area (Å²) in [6.07, 6.45) is 2.13. The van der Waals surface area contributed by atoms with Crippen molar-refractivity contribution in [1.29, 1.82) is 0 Å². The zero-order valence-corrected chi connectivity index (χ0v) is 14.2. The van der Waals surface area contributed by atoms with Crippen LogP contribution in [-0.2, 0) is 11.3 Å². The number of hydrogen-bond acceptors (Lipinski definition) is 5. The summed E-state index contributed by atoms with van der Waals surface area (Å²) in [6, 6.07) is 7.53. The maximum atomic E-state index is 12.3. The molecule has 0 saturated carbocycles. The van der Waals surface area contributed by atoms with Gasteiger partial charge in [-0.25, -0.2) is 0 Å². The quantitative estimate of drug-likeness (QED) is 0.839. The van der Waals surface area contributed by atoms with Crippen molar-refractivity contribution in [2.24, 2.45) is 5.92 Å². The van der Waals surface area contributed by atoms with Crippen molar-refractivity contribution in [3.63, 3.8) is 0 Å². The van der Waals surface area contributed by atoms with Gasteiger partial charge in [-0.1, -0.05) is 6.92 Å². The molecule has 3 rings (SSSR count). The molecule has 7 nitrogen and oxygen atoms in total. The van der Waals surface area contributed by atoms with Gasteiger partial charge in [0.1, 0.15) is 12.3 Å². The van der Waals surface area contributed by atoms with Gasteiger partial charge in [0.2, 0.25) is 11.7 Å². The van der Waals surface area contributed by atoms with Gasteiger partial charge in [0.15, 0.2) is 0 Å². The molecule has 128 valence electrons. The molecule has 0 bridgehead atoms. The van der Waals surface area contributed by atoms with Crippen molar-refractivity contribution in [3.05, 3.63) is 24.3 Å². The van der Waals surface area contributed by atoms with Crippen molar-refractivity contribution in [1.82, 2.24) is 25.1 Å². The van der Waals surface area contributed by atoms with Crippen molar-refractivity contribution in [3.8, 4) is 17.1 Å². The van der Waals surface area contributed by atoms with Gasteiger partial charge in [0.25, 0.3) is 0 Å². The van der Waals surface area contributed by atoms with E-state index in [2.05, 4.69) is 22.3 Å². The van der Waals surface area contributed by atoms with Crippen molar-refractivity contribution < 1.29 is 9.53 Å². The Balaban J connectivity index is 1.61. The molecule has 1 aromatic carbocycles. The lowest BCUT2D eigenvalue weighted by Crippen LogP contribution is -2.40. The van der Waals surface area contributed by atoms with E-state index in [0.717, 1.165) is 37.2 Å². The number of benzene rings is 1. The zero-order valence-electron chi connectivity index (χ0n) is 14.2. The number of carbonyl (C=O) groups excluding carboxylic acids is 1. The number of carbonyl (C=O) groups is 1. The zero-order chi connectivity index (χ0) is 16.9. The van der Waals surface area contributed by atoms with E-state index in [0.29, 0.717) is 18.3 Å². The SMILES string of the molecule is CCOc1ccc(-c2nnn(CC(=O)N3CCC(C)CC3)n2)cc1. The number of nitrogens with zero attached hydrogens (tertiary/aromatic N) is 5. The van der Waals surface area contributed by atoms with Crippen LogP contribution in [0.3, 0.4) is 0 Å². The van der Waals surface area contributed by atoms with Gasteiger partial charge in [-0.05, 0) is 55.2 Å². The molecule has 0 radical (unpaired) electrons. The first kappa shape index (κ1) is 16.4. The molecular weight excluding hydrogens is 306 g/mol. The van der Waals surface area contributed by atoms with Crippen LogP contribution in [0, 0.1) is 5.92 Å². The van der Waals surface area contributed by atoms with Gasteiger partial charge in [-0.2, -0.15) is 4.80 Å². The molecule has 1 aliphatic heterocycles. The molecule has 1 fully saturated rings. The van der Waals surface area contributed by atoms with Crippen LogP contribution in [0.25, 0.3) is 11.4 Å². The molecule has 0 spiro atoms. The van der Waals surface area contributed by atoms with Gasteiger partial charge in [0, 0.05) is 18.7 Å². The van der Waals surface area contributed by atoms with Crippen LogP contribution >= 0.6 is 0 Å². The molecule has 7 heteroatoms. The average molecular weight is 329 g/mol. The van der Waals surface area contributed by atoms with Gasteiger partial charge in [0.05, 0.1) is 6.61 Å². The first-order chi connectivity index (χ1) is 11.7. The minimum atomic E-state index is 0.0533. The Hall–Kier alpha value is -2.44. The lowest BCUT2D eigenvalue weighted by Gasteiger charge is -2.30. The van der Waals surface area contributed by atoms with Crippen LogP contribution in [-0.4, -0.2) is 50.7 Å². The Morgan fingerprint density at radius 1 is 1.25 bits per heavy atom. The number of amides is 1. The summed E-state index contributed by atoms with van der Waals surface area (Å²) in [5.74, 6) is 2.07. The van der Waals surface area contributed by atoms with E-state index in [1.165, 1.54) is 4.80 Å². The van der Waals surface area contributed by atoms with Gasteiger partial charge >= 0.3 is 0 Å². The topological polar surface area (TPSA) is 73.1 Å². The fourth-order valence-electron chi connectivity index (χ4n) is 2.77. The third-order valence-electron chi connectivity index (χ3n) is 4.29. The second-order valence-electron chi connectivity index (χ2n) is 6.16.